The van der Waals surface area contributed by atoms with Gasteiger partial charge in [-0.2, -0.15) is 0 Å². The molecule has 0 amide bonds. The Kier molecular flexibility index (Phi) is 3.55. The van der Waals surface area contributed by atoms with E-state index in [0.717, 1.165) is 11.4 Å². The number of nitrogens with zero attached hydrogens (tertiary/aromatic N) is 2. The monoisotopic (exact) mass is 196 g/mol. The molecule has 78 valence electrons. The Morgan fingerprint density at radius 3 is 2.50 bits per heavy atom. The Bertz CT molecular complexity index is 313. The van der Waals surface area contributed by atoms with Crippen molar-refractivity contribution in [1.82, 2.24) is 9.97 Å². The summed E-state index contributed by atoms with van der Waals surface area (Å²) in [7, 11) is 0. The van der Waals surface area contributed by atoms with Crippen LogP contribution in [0.1, 0.15) is 43.1 Å². The molecule has 1 aromatic rings. The fourth-order valence-corrected chi connectivity index (χ4v) is 1.14. The normalized spacial score (nSPS) is 13.3. The predicted octanol–water partition coefficient (Wildman–Crippen LogP) is 0.934. The molecule has 0 saturated heterocycles. The number of aliphatic hydroxyl groups is 2. The number of aromatic nitrogens is 2. The second kappa shape index (κ2) is 4.48. The van der Waals surface area contributed by atoms with Crippen molar-refractivity contribution < 1.29 is 10.2 Å². The molecule has 0 aliphatic heterocycles. The minimum Gasteiger partial charge on any atom is -0.393 e. The van der Waals surface area contributed by atoms with Gasteiger partial charge in [-0.15, -0.1) is 0 Å². The highest BCUT2D eigenvalue weighted by Crippen LogP contribution is 2.15. The lowest BCUT2D eigenvalue weighted by atomic mass is 10.1. The second-order valence-corrected chi connectivity index (χ2v) is 3.65. The van der Waals surface area contributed by atoms with Crippen LogP contribution in [0.5, 0.6) is 0 Å². The van der Waals surface area contributed by atoms with Gasteiger partial charge < -0.3 is 10.2 Å². The van der Waals surface area contributed by atoms with Crippen LogP contribution in [0.25, 0.3) is 0 Å². The molecule has 14 heavy (non-hydrogen) atoms. The zero-order valence-electron chi connectivity index (χ0n) is 8.73. The van der Waals surface area contributed by atoms with E-state index in [2.05, 4.69) is 9.97 Å². The van der Waals surface area contributed by atoms with E-state index >= 15 is 0 Å². The van der Waals surface area contributed by atoms with Gasteiger partial charge in [-0.05, 0) is 18.9 Å². The first-order valence-corrected chi connectivity index (χ1v) is 4.69. The molecular weight excluding hydrogens is 180 g/mol. The first kappa shape index (κ1) is 11.1. The van der Waals surface area contributed by atoms with Crippen molar-refractivity contribution >= 4 is 0 Å². The summed E-state index contributed by atoms with van der Waals surface area (Å²) < 4.78 is 0. The Morgan fingerprint density at radius 2 is 2.00 bits per heavy atom. The van der Waals surface area contributed by atoms with Crippen molar-refractivity contribution in [3.05, 3.63) is 23.3 Å². The van der Waals surface area contributed by atoms with E-state index in [1.54, 1.807) is 0 Å². The fourth-order valence-electron chi connectivity index (χ4n) is 1.14. The zero-order valence-corrected chi connectivity index (χ0v) is 8.73. The van der Waals surface area contributed by atoms with Gasteiger partial charge in [0.25, 0.3) is 0 Å². The van der Waals surface area contributed by atoms with Crippen molar-refractivity contribution in [2.45, 2.75) is 32.8 Å². The van der Waals surface area contributed by atoms with E-state index in [1.165, 1.54) is 0 Å². The summed E-state index contributed by atoms with van der Waals surface area (Å²) in [6, 6.07) is 1.89. The first-order valence-electron chi connectivity index (χ1n) is 4.69. The molecule has 0 spiro atoms. The number of aryl methyl sites for hydroxylation is 1. The van der Waals surface area contributed by atoms with E-state index in [-0.39, 0.29) is 6.61 Å². The van der Waals surface area contributed by atoms with Crippen molar-refractivity contribution in [2.24, 2.45) is 0 Å². The highest BCUT2D eigenvalue weighted by Gasteiger charge is 2.12. The number of rotatable bonds is 3. The van der Waals surface area contributed by atoms with Gasteiger partial charge in [0.1, 0.15) is 6.10 Å². The fraction of sp³-hybridized carbons (Fsp3) is 0.600. The van der Waals surface area contributed by atoms with Gasteiger partial charge in [0.15, 0.2) is 5.82 Å². The highest BCUT2D eigenvalue weighted by atomic mass is 16.3. The highest BCUT2D eigenvalue weighted by molar-refractivity contribution is 5.14. The van der Waals surface area contributed by atoms with Crippen molar-refractivity contribution in [2.75, 3.05) is 6.61 Å². The van der Waals surface area contributed by atoms with Gasteiger partial charge in [-0.3, -0.25) is 0 Å². The maximum absolute atomic E-state index is 9.38. The lowest BCUT2D eigenvalue weighted by molar-refractivity contribution is 0.0882. The quantitative estimate of drug-likeness (QED) is 0.755. The summed E-state index contributed by atoms with van der Waals surface area (Å²) in [6.45, 7) is 5.55. The topological polar surface area (TPSA) is 66.2 Å². The maximum Gasteiger partial charge on any atom is 0.159 e. The summed E-state index contributed by atoms with van der Waals surface area (Å²) in [5.41, 5.74) is 1.70. The molecule has 0 aliphatic rings. The predicted molar refractivity (Wildman–Crippen MR) is 52.9 cm³/mol. The largest absolute Gasteiger partial charge is 0.393 e. The Balaban J connectivity index is 3.07. The van der Waals surface area contributed by atoms with Crippen molar-refractivity contribution in [1.29, 1.82) is 0 Å². The third kappa shape index (κ3) is 2.49. The second-order valence-electron chi connectivity index (χ2n) is 3.65. The van der Waals surface area contributed by atoms with E-state index in [1.807, 2.05) is 26.8 Å². The molecular formula is C10H16N2O2. The molecule has 0 fully saturated rings. The van der Waals surface area contributed by atoms with E-state index < -0.39 is 6.10 Å². The number of aliphatic hydroxyl groups excluding tert-OH is 2. The molecule has 4 heteroatoms. The lowest BCUT2D eigenvalue weighted by Crippen LogP contribution is -2.10. The molecule has 2 N–H and O–H groups in total. The Morgan fingerprint density at radius 1 is 1.36 bits per heavy atom. The zero-order chi connectivity index (χ0) is 10.7. The summed E-state index contributed by atoms with van der Waals surface area (Å²) in [5.74, 6) is 0.595. The molecule has 0 aromatic carbocycles. The van der Waals surface area contributed by atoms with Gasteiger partial charge in [0.05, 0.1) is 6.61 Å². The third-order valence-corrected chi connectivity index (χ3v) is 1.95. The van der Waals surface area contributed by atoms with Gasteiger partial charge >= 0.3 is 0 Å². The molecule has 0 radical (unpaired) electrons. The van der Waals surface area contributed by atoms with Gasteiger partial charge in [-0.25, -0.2) is 9.97 Å². The van der Waals surface area contributed by atoms with E-state index in [0.29, 0.717) is 11.7 Å². The molecule has 1 heterocycles. The average molecular weight is 196 g/mol. The Labute approximate surface area is 83.6 Å². The van der Waals surface area contributed by atoms with Crippen LogP contribution < -0.4 is 0 Å². The van der Waals surface area contributed by atoms with Crippen LogP contribution >= 0.6 is 0 Å². The molecule has 4 nitrogen and oxygen atoms in total. The third-order valence-electron chi connectivity index (χ3n) is 1.95. The van der Waals surface area contributed by atoms with Crippen LogP contribution in [0.4, 0.5) is 0 Å². The summed E-state index contributed by atoms with van der Waals surface area (Å²) in [6.07, 6.45) is -0.979. The smallest absolute Gasteiger partial charge is 0.159 e. The Hall–Kier alpha value is -1.00. The minimum atomic E-state index is -0.979. The van der Waals surface area contributed by atoms with Crippen molar-refractivity contribution in [3.63, 3.8) is 0 Å². The number of hydrogen-bond acceptors (Lipinski definition) is 4. The van der Waals surface area contributed by atoms with E-state index in [4.69, 9.17) is 5.11 Å². The molecule has 1 atom stereocenters. The van der Waals surface area contributed by atoms with Crippen LogP contribution in [-0.2, 0) is 0 Å². The van der Waals surface area contributed by atoms with Crippen LogP contribution in [0, 0.1) is 6.92 Å². The minimum absolute atomic E-state index is 0.293. The molecule has 0 bridgehead atoms. The molecule has 1 rings (SSSR count). The first-order chi connectivity index (χ1) is 6.54. The summed E-state index contributed by atoms with van der Waals surface area (Å²) in [4.78, 5) is 8.25. The molecule has 0 saturated carbocycles. The average Bonchev–Trinajstić information content (AvgIpc) is 2.15. The van der Waals surface area contributed by atoms with Gasteiger partial charge in [0, 0.05) is 11.4 Å². The maximum atomic E-state index is 9.38. The molecule has 0 aliphatic carbocycles. The van der Waals surface area contributed by atoms with Gasteiger partial charge in [-0.1, -0.05) is 13.8 Å². The lowest BCUT2D eigenvalue weighted by Gasteiger charge is -2.10. The van der Waals surface area contributed by atoms with Crippen LogP contribution in [0.15, 0.2) is 6.07 Å². The van der Waals surface area contributed by atoms with Crippen molar-refractivity contribution in [3.8, 4) is 0 Å². The van der Waals surface area contributed by atoms with Gasteiger partial charge in [0.2, 0.25) is 0 Å². The summed E-state index contributed by atoms with van der Waals surface area (Å²) >= 11 is 0. The van der Waals surface area contributed by atoms with Crippen LogP contribution in [-0.4, -0.2) is 26.8 Å². The SMILES string of the molecule is Cc1cc(C(C)C)nc([C@@H](O)CO)n1. The van der Waals surface area contributed by atoms with Crippen LogP contribution in [0.3, 0.4) is 0 Å². The standard InChI is InChI=1S/C10H16N2O2/c1-6(2)8-4-7(3)11-10(12-8)9(14)5-13/h4,6,9,13-14H,5H2,1-3H3/t9-/m0/s1. The molecule has 1 aromatic heterocycles. The number of hydrogen-bond donors (Lipinski definition) is 2. The van der Waals surface area contributed by atoms with E-state index in [9.17, 15) is 5.11 Å². The summed E-state index contributed by atoms with van der Waals surface area (Å²) in [5, 5.41) is 18.2. The molecule has 0 unspecified atom stereocenters. The van der Waals surface area contributed by atoms with Crippen LogP contribution in [0.2, 0.25) is 0 Å².